The topological polar surface area (TPSA) is 58.5 Å². The van der Waals surface area contributed by atoms with Crippen LogP contribution in [-0.2, 0) is 11.2 Å². The number of nitrogens with one attached hydrogen (secondary N) is 2. The van der Waals surface area contributed by atoms with Gasteiger partial charge in [0.05, 0.1) is 16.8 Å². The SMILES string of the molecule is CN=C(NCCc1nc(C)c(C)s1)NC1C2CCCOC2C1(C)C. The number of thiazole rings is 1. The summed E-state index contributed by atoms with van der Waals surface area (Å²) in [5.74, 6) is 1.50. The van der Waals surface area contributed by atoms with Gasteiger partial charge in [0.25, 0.3) is 0 Å². The molecule has 3 atom stereocenters. The number of fused-ring (bicyclic) bond motifs is 1. The molecule has 1 aliphatic heterocycles. The van der Waals surface area contributed by atoms with Crippen LogP contribution in [0, 0.1) is 25.2 Å². The summed E-state index contributed by atoms with van der Waals surface area (Å²) in [6.07, 6.45) is 3.75. The van der Waals surface area contributed by atoms with Gasteiger partial charge in [-0.2, -0.15) is 0 Å². The molecule has 5 nitrogen and oxygen atoms in total. The van der Waals surface area contributed by atoms with Gasteiger partial charge in [-0.1, -0.05) is 13.8 Å². The number of guanidine groups is 1. The van der Waals surface area contributed by atoms with Crippen molar-refractivity contribution in [3.8, 4) is 0 Å². The summed E-state index contributed by atoms with van der Waals surface area (Å²) >= 11 is 1.79. The number of aromatic nitrogens is 1. The van der Waals surface area contributed by atoms with Crippen molar-refractivity contribution in [1.29, 1.82) is 0 Å². The maximum absolute atomic E-state index is 5.98. The van der Waals surface area contributed by atoms with Gasteiger partial charge in [-0.15, -0.1) is 11.3 Å². The van der Waals surface area contributed by atoms with Crippen molar-refractivity contribution in [2.24, 2.45) is 16.3 Å². The summed E-state index contributed by atoms with van der Waals surface area (Å²) < 4.78 is 5.98. The van der Waals surface area contributed by atoms with Crippen LogP contribution in [0.25, 0.3) is 0 Å². The van der Waals surface area contributed by atoms with Crippen LogP contribution in [0.4, 0.5) is 0 Å². The fourth-order valence-corrected chi connectivity index (χ4v) is 5.02. The molecule has 0 amide bonds. The molecule has 1 aromatic heterocycles. The van der Waals surface area contributed by atoms with E-state index in [1.807, 2.05) is 7.05 Å². The third-order valence-electron chi connectivity index (χ3n) is 5.55. The quantitative estimate of drug-likeness (QED) is 0.647. The van der Waals surface area contributed by atoms with Gasteiger partial charge in [0.1, 0.15) is 0 Å². The predicted octanol–water partition coefficient (Wildman–Crippen LogP) is 2.67. The first kappa shape index (κ1) is 17.7. The number of rotatable bonds is 4. The normalized spacial score (nSPS) is 28.9. The zero-order valence-corrected chi connectivity index (χ0v) is 16.3. The van der Waals surface area contributed by atoms with E-state index < -0.39 is 0 Å². The first-order valence-corrected chi connectivity index (χ1v) is 9.77. The van der Waals surface area contributed by atoms with Crippen molar-refractivity contribution >= 4 is 17.3 Å². The summed E-state index contributed by atoms with van der Waals surface area (Å²) in [7, 11) is 1.84. The fraction of sp³-hybridized carbons (Fsp3) is 0.778. The molecule has 0 spiro atoms. The van der Waals surface area contributed by atoms with E-state index in [9.17, 15) is 0 Å². The van der Waals surface area contributed by atoms with Crippen molar-refractivity contribution in [2.75, 3.05) is 20.2 Å². The summed E-state index contributed by atoms with van der Waals surface area (Å²) in [5, 5.41) is 8.27. The third-order valence-corrected chi connectivity index (χ3v) is 6.68. The second-order valence-electron chi connectivity index (χ2n) is 7.54. The maximum atomic E-state index is 5.98. The Bertz CT molecular complexity index is 591. The second-order valence-corrected chi connectivity index (χ2v) is 8.83. The Balaban J connectivity index is 1.51. The molecule has 1 aliphatic carbocycles. The highest BCUT2D eigenvalue weighted by Gasteiger charge is 2.58. The molecule has 0 aromatic carbocycles. The maximum Gasteiger partial charge on any atom is 0.191 e. The summed E-state index contributed by atoms with van der Waals surface area (Å²) in [4.78, 5) is 10.3. The molecular formula is C18H30N4OS. The predicted molar refractivity (Wildman–Crippen MR) is 99.8 cm³/mol. The minimum Gasteiger partial charge on any atom is -0.377 e. The van der Waals surface area contributed by atoms with Gasteiger partial charge >= 0.3 is 0 Å². The van der Waals surface area contributed by atoms with Gasteiger partial charge in [-0.25, -0.2) is 4.98 Å². The standard InChI is InChI=1S/C18H30N4OS/c1-11-12(2)24-14(21-11)8-9-20-17(19-5)22-15-13-7-6-10-23-16(13)18(15,3)4/h13,15-16H,6-10H2,1-5H3,(H2,19,20,22). The number of nitrogens with zero attached hydrogens (tertiary/aromatic N) is 2. The molecule has 2 N–H and O–H groups in total. The number of ether oxygens (including phenoxy) is 1. The first-order chi connectivity index (χ1) is 11.4. The molecule has 24 heavy (non-hydrogen) atoms. The van der Waals surface area contributed by atoms with Gasteiger partial charge < -0.3 is 15.4 Å². The van der Waals surface area contributed by atoms with Crippen LogP contribution in [0.15, 0.2) is 4.99 Å². The Labute approximate surface area is 149 Å². The molecule has 0 bridgehead atoms. The molecule has 6 heteroatoms. The van der Waals surface area contributed by atoms with Crippen LogP contribution < -0.4 is 10.6 Å². The van der Waals surface area contributed by atoms with Crippen LogP contribution in [-0.4, -0.2) is 43.3 Å². The van der Waals surface area contributed by atoms with E-state index in [1.54, 1.807) is 11.3 Å². The van der Waals surface area contributed by atoms with Gasteiger partial charge in [-0.05, 0) is 26.7 Å². The summed E-state index contributed by atoms with van der Waals surface area (Å²) in [5.41, 5.74) is 1.31. The summed E-state index contributed by atoms with van der Waals surface area (Å²) in [6.45, 7) is 10.6. The summed E-state index contributed by atoms with van der Waals surface area (Å²) in [6, 6.07) is 0.429. The van der Waals surface area contributed by atoms with E-state index in [4.69, 9.17) is 4.74 Å². The van der Waals surface area contributed by atoms with Crippen molar-refractivity contribution in [2.45, 2.75) is 59.1 Å². The lowest BCUT2D eigenvalue weighted by Crippen LogP contribution is -2.71. The van der Waals surface area contributed by atoms with E-state index in [0.717, 1.165) is 31.2 Å². The van der Waals surface area contributed by atoms with E-state index >= 15 is 0 Å². The molecule has 134 valence electrons. The Hall–Kier alpha value is -1.14. The van der Waals surface area contributed by atoms with E-state index in [1.165, 1.54) is 22.7 Å². The minimum atomic E-state index is 0.159. The van der Waals surface area contributed by atoms with Crippen LogP contribution in [0.2, 0.25) is 0 Å². The van der Waals surface area contributed by atoms with Crippen LogP contribution >= 0.6 is 11.3 Å². The van der Waals surface area contributed by atoms with Crippen LogP contribution in [0.3, 0.4) is 0 Å². The molecule has 2 heterocycles. The van der Waals surface area contributed by atoms with Gasteiger partial charge in [0.15, 0.2) is 5.96 Å². The number of aryl methyl sites for hydroxylation is 2. The largest absolute Gasteiger partial charge is 0.377 e. The fourth-order valence-electron chi connectivity index (χ4n) is 4.09. The van der Waals surface area contributed by atoms with E-state index in [0.29, 0.717) is 18.1 Å². The zero-order chi connectivity index (χ0) is 17.3. The first-order valence-electron chi connectivity index (χ1n) is 8.95. The van der Waals surface area contributed by atoms with Gasteiger partial charge in [0, 0.05) is 48.9 Å². The molecule has 1 saturated carbocycles. The monoisotopic (exact) mass is 350 g/mol. The second kappa shape index (κ2) is 7.00. The average Bonchev–Trinajstić information content (AvgIpc) is 2.88. The van der Waals surface area contributed by atoms with Crippen molar-refractivity contribution in [1.82, 2.24) is 15.6 Å². The average molecular weight is 351 g/mol. The molecule has 2 aliphatic rings. The molecule has 1 aromatic rings. The van der Waals surface area contributed by atoms with Crippen molar-refractivity contribution in [3.63, 3.8) is 0 Å². The van der Waals surface area contributed by atoms with Crippen molar-refractivity contribution in [3.05, 3.63) is 15.6 Å². The highest BCUT2D eigenvalue weighted by Crippen LogP contribution is 2.51. The van der Waals surface area contributed by atoms with Crippen LogP contribution in [0.5, 0.6) is 0 Å². The Morgan fingerprint density at radius 3 is 2.88 bits per heavy atom. The Morgan fingerprint density at radius 2 is 2.21 bits per heavy atom. The lowest BCUT2D eigenvalue weighted by Gasteiger charge is -2.60. The molecular weight excluding hydrogens is 320 g/mol. The Morgan fingerprint density at radius 1 is 1.42 bits per heavy atom. The Kier molecular flexibility index (Phi) is 5.16. The van der Waals surface area contributed by atoms with E-state index in [-0.39, 0.29) is 5.41 Å². The van der Waals surface area contributed by atoms with Gasteiger partial charge in [-0.3, -0.25) is 4.99 Å². The van der Waals surface area contributed by atoms with Crippen LogP contribution in [0.1, 0.15) is 42.3 Å². The van der Waals surface area contributed by atoms with Crippen molar-refractivity contribution < 1.29 is 4.74 Å². The lowest BCUT2D eigenvalue weighted by atomic mass is 9.55. The highest BCUT2D eigenvalue weighted by molar-refractivity contribution is 7.11. The number of hydrogen-bond donors (Lipinski definition) is 2. The van der Waals surface area contributed by atoms with Gasteiger partial charge in [0.2, 0.25) is 0 Å². The molecule has 3 unspecified atom stereocenters. The molecule has 2 fully saturated rings. The number of hydrogen-bond acceptors (Lipinski definition) is 4. The highest BCUT2D eigenvalue weighted by atomic mass is 32.1. The zero-order valence-electron chi connectivity index (χ0n) is 15.5. The minimum absolute atomic E-state index is 0.159. The molecule has 3 rings (SSSR count). The molecule has 0 radical (unpaired) electrons. The third kappa shape index (κ3) is 3.31. The smallest absolute Gasteiger partial charge is 0.191 e. The molecule has 1 saturated heterocycles. The lowest BCUT2D eigenvalue weighted by molar-refractivity contribution is -0.188. The number of aliphatic imine (C=N–C) groups is 1. The van der Waals surface area contributed by atoms with E-state index in [2.05, 4.69) is 48.3 Å².